The average Bonchev–Trinajstić information content (AvgIpc) is 2.25. The molecule has 0 heterocycles. The highest BCUT2D eigenvalue weighted by Crippen LogP contribution is 2.41. The maximum Gasteiger partial charge on any atom is 0.306 e. The minimum Gasteiger partial charge on any atom is -0.481 e. The van der Waals surface area contributed by atoms with E-state index in [9.17, 15) is 4.79 Å². The van der Waals surface area contributed by atoms with E-state index < -0.39 is 5.97 Å². The second kappa shape index (κ2) is 6.46. The lowest BCUT2D eigenvalue weighted by atomic mass is 9.70. The fourth-order valence-electron chi connectivity index (χ4n) is 3.63. The Morgan fingerprint density at radius 3 is 2.50 bits per heavy atom. The Hall–Kier alpha value is -0.570. The molecule has 1 aliphatic carbocycles. The van der Waals surface area contributed by atoms with Gasteiger partial charge in [-0.05, 0) is 57.8 Å². The first-order valence-electron chi connectivity index (χ1n) is 7.93. The maximum absolute atomic E-state index is 11.0. The van der Waals surface area contributed by atoms with Crippen LogP contribution in [0.15, 0.2) is 0 Å². The van der Waals surface area contributed by atoms with Gasteiger partial charge in [-0.15, -0.1) is 0 Å². The van der Waals surface area contributed by atoms with Gasteiger partial charge in [0.05, 0.1) is 17.6 Å². The minimum atomic E-state index is -0.742. The molecule has 0 saturated heterocycles. The van der Waals surface area contributed by atoms with Crippen molar-refractivity contribution in [3.8, 4) is 0 Å². The highest BCUT2D eigenvalue weighted by molar-refractivity contribution is 5.69. The van der Waals surface area contributed by atoms with E-state index in [1.165, 1.54) is 25.7 Å². The molecule has 20 heavy (non-hydrogen) atoms. The minimum absolute atomic E-state index is 0.200. The molecule has 2 unspecified atom stereocenters. The molecule has 0 radical (unpaired) electrons. The summed E-state index contributed by atoms with van der Waals surface area (Å²) in [5.74, 6) is -0.508. The predicted octanol–water partition coefficient (Wildman–Crippen LogP) is 4.50. The van der Waals surface area contributed by atoms with Gasteiger partial charge in [0.2, 0.25) is 0 Å². The molecule has 0 amide bonds. The summed E-state index contributed by atoms with van der Waals surface area (Å²) in [5, 5.41) is 9.04. The Kier molecular flexibility index (Phi) is 5.65. The summed E-state index contributed by atoms with van der Waals surface area (Å²) >= 11 is 0. The molecule has 3 atom stereocenters. The number of carboxylic acid groups (broad SMARTS) is 1. The van der Waals surface area contributed by atoms with E-state index in [4.69, 9.17) is 9.84 Å². The van der Waals surface area contributed by atoms with Crippen molar-refractivity contribution in [3.63, 3.8) is 0 Å². The molecule has 3 nitrogen and oxygen atoms in total. The summed E-state index contributed by atoms with van der Waals surface area (Å²) in [5.41, 5.74) is 0.0395. The molecule has 1 fully saturated rings. The Balaban J connectivity index is 2.55. The first kappa shape index (κ1) is 17.5. The smallest absolute Gasteiger partial charge is 0.306 e. The van der Waals surface area contributed by atoms with Crippen molar-refractivity contribution >= 4 is 5.97 Å². The van der Waals surface area contributed by atoms with Crippen LogP contribution in [0.25, 0.3) is 0 Å². The molecule has 0 aromatic heterocycles. The third-order valence-electron chi connectivity index (χ3n) is 4.63. The molecule has 0 aliphatic heterocycles. The number of carboxylic acids is 1. The highest BCUT2D eigenvalue weighted by atomic mass is 16.5. The summed E-state index contributed by atoms with van der Waals surface area (Å²) in [6, 6.07) is 0. The molecule has 1 rings (SSSR count). The van der Waals surface area contributed by atoms with Crippen LogP contribution in [0, 0.1) is 17.3 Å². The third-order valence-corrected chi connectivity index (χ3v) is 4.63. The van der Waals surface area contributed by atoms with E-state index in [1.54, 1.807) is 6.92 Å². The Bertz CT molecular complexity index is 333. The summed E-state index contributed by atoms with van der Waals surface area (Å²) in [4.78, 5) is 11.0. The van der Waals surface area contributed by atoms with Gasteiger partial charge in [0.25, 0.3) is 0 Å². The second-order valence-electron chi connectivity index (χ2n) is 8.05. The third kappa shape index (κ3) is 5.43. The molecule has 3 heteroatoms. The highest BCUT2D eigenvalue weighted by Gasteiger charge is 2.34. The standard InChI is InChI=1S/C17H32O3/c1-12(15(18)19)10-17(5,6)20-13(2)14-8-7-9-16(3,4)11-14/h12-14H,7-11H2,1-6H3,(H,18,19)/t12-,13?,14?/m1/s1. The van der Waals surface area contributed by atoms with Crippen LogP contribution in [-0.4, -0.2) is 22.8 Å². The first-order valence-corrected chi connectivity index (χ1v) is 7.93. The topological polar surface area (TPSA) is 46.5 Å². The molecular formula is C17H32O3. The SMILES string of the molecule is CC(OC(C)(C)C[C@@H](C)C(=O)O)C1CCCC(C)(C)C1. The molecule has 0 bridgehead atoms. The molecule has 0 spiro atoms. The zero-order valence-corrected chi connectivity index (χ0v) is 14.0. The van der Waals surface area contributed by atoms with Gasteiger partial charge in [-0.2, -0.15) is 0 Å². The van der Waals surface area contributed by atoms with Crippen molar-refractivity contribution in [1.29, 1.82) is 0 Å². The largest absolute Gasteiger partial charge is 0.481 e. The maximum atomic E-state index is 11.0. The molecule has 0 aromatic rings. The van der Waals surface area contributed by atoms with E-state index in [1.807, 2.05) is 13.8 Å². The van der Waals surface area contributed by atoms with E-state index in [0.29, 0.717) is 17.8 Å². The Morgan fingerprint density at radius 1 is 1.40 bits per heavy atom. The van der Waals surface area contributed by atoms with Crippen molar-refractivity contribution in [1.82, 2.24) is 0 Å². The first-order chi connectivity index (χ1) is 9.02. The van der Waals surface area contributed by atoms with Crippen LogP contribution in [0.2, 0.25) is 0 Å². The molecular weight excluding hydrogens is 252 g/mol. The van der Waals surface area contributed by atoms with Gasteiger partial charge in [-0.1, -0.05) is 27.2 Å². The summed E-state index contributed by atoms with van der Waals surface area (Å²) < 4.78 is 6.23. The second-order valence-corrected chi connectivity index (χ2v) is 8.05. The van der Waals surface area contributed by atoms with E-state index >= 15 is 0 Å². The van der Waals surface area contributed by atoms with Gasteiger partial charge in [-0.25, -0.2) is 0 Å². The van der Waals surface area contributed by atoms with Crippen LogP contribution in [0.1, 0.15) is 73.6 Å². The van der Waals surface area contributed by atoms with E-state index in [-0.39, 0.29) is 17.6 Å². The quantitative estimate of drug-likeness (QED) is 0.781. The average molecular weight is 284 g/mol. The zero-order valence-electron chi connectivity index (χ0n) is 14.0. The van der Waals surface area contributed by atoms with Gasteiger partial charge in [0.15, 0.2) is 0 Å². The van der Waals surface area contributed by atoms with Crippen LogP contribution >= 0.6 is 0 Å². The lowest BCUT2D eigenvalue weighted by Crippen LogP contribution is -2.38. The van der Waals surface area contributed by atoms with Crippen molar-refractivity contribution < 1.29 is 14.6 Å². The predicted molar refractivity (Wildman–Crippen MR) is 81.8 cm³/mol. The lowest BCUT2D eigenvalue weighted by Gasteiger charge is -2.41. The number of ether oxygens (including phenoxy) is 1. The van der Waals surface area contributed by atoms with Crippen molar-refractivity contribution in [2.45, 2.75) is 85.4 Å². The van der Waals surface area contributed by atoms with Gasteiger partial charge >= 0.3 is 5.97 Å². The summed E-state index contributed by atoms with van der Waals surface area (Å²) in [6.07, 6.45) is 5.77. The van der Waals surface area contributed by atoms with E-state index in [0.717, 1.165) is 0 Å². The van der Waals surface area contributed by atoms with Crippen LogP contribution in [-0.2, 0) is 9.53 Å². The van der Waals surface area contributed by atoms with Crippen LogP contribution in [0.5, 0.6) is 0 Å². The van der Waals surface area contributed by atoms with E-state index in [2.05, 4.69) is 20.8 Å². The van der Waals surface area contributed by atoms with Gasteiger partial charge in [-0.3, -0.25) is 4.79 Å². The number of hydrogen-bond acceptors (Lipinski definition) is 2. The number of carbonyl (C=O) groups is 1. The molecule has 1 aliphatic rings. The van der Waals surface area contributed by atoms with Crippen molar-refractivity contribution in [2.24, 2.45) is 17.3 Å². The number of hydrogen-bond donors (Lipinski definition) is 1. The number of rotatable bonds is 6. The Labute approximate surface area is 124 Å². The Morgan fingerprint density at radius 2 is 2.00 bits per heavy atom. The lowest BCUT2D eigenvalue weighted by molar-refractivity contribution is -0.147. The van der Waals surface area contributed by atoms with Crippen molar-refractivity contribution in [3.05, 3.63) is 0 Å². The monoisotopic (exact) mass is 284 g/mol. The van der Waals surface area contributed by atoms with Crippen LogP contribution in [0.4, 0.5) is 0 Å². The van der Waals surface area contributed by atoms with Gasteiger partial charge in [0.1, 0.15) is 0 Å². The molecule has 1 saturated carbocycles. The van der Waals surface area contributed by atoms with Gasteiger partial charge < -0.3 is 9.84 Å². The molecule has 118 valence electrons. The molecule has 0 aromatic carbocycles. The van der Waals surface area contributed by atoms with Crippen LogP contribution in [0.3, 0.4) is 0 Å². The summed E-state index contributed by atoms with van der Waals surface area (Å²) in [7, 11) is 0. The summed E-state index contributed by atoms with van der Waals surface area (Å²) in [6.45, 7) is 12.6. The fraction of sp³-hybridized carbons (Fsp3) is 0.941. The number of aliphatic carboxylic acids is 1. The van der Waals surface area contributed by atoms with Crippen LogP contribution < -0.4 is 0 Å². The fourth-order valence-corrected chi connectivity index (χ4v) is 3.63. The normalized spacial score (nSPS) is 26.0. The van der Waals surface area contributed by atoms with Crippen molar-refractivity contribution in [2.75, 3.05) is 0 Å². The van der Waals surface area contributed by atoms with Gasteiger partial charge in [0, 0.05) is 0 Å². The molecule has 1 N–H and O–H groups in total. The zero-order chi connectivity index (χ0) is 15.6.